The molecule has 0 fully saturated rings. The number of benzene rings is 2. The minimum atomic E-state index is -1.31. The Balaban J connectivity index is 2.23. The van der Waals surface area contributed by atoms with Crippen molar-refractivity contribution in [3.8, 4) is 5.75 Å². The van der Waals surface area contributed by atoms with Gasteiger partial charge in [-0.1, -0.05) is 15.9 Å². The van der Waals surface area contributed by atoms with E-state index in [1.54, 1.807) is 6.07 Å². The number of carbonyl (C=O) groups is 1. The van der Waals surface area contributed by atoms with Crippen LogP contribution in [0.5, 0.6) is 5.75 Å². The van der Waals surface area contributed by atoms with Gasteiger partial charge in [-0.25, -0.2) is 13.6 Å². The van der Waals surface area contributed by atoms with E-state index in [-0.39, 0.29) is 23.5 Å². The molecule has 104 valence electrons. The maximum Gasteiger partial charge on any atom is 0.339 e. The number of rotatable bonds is 4. The second-order valence-electron chi connectivity index (χ2n) is 3.97. The first-order valence-electron chi connectivity index (χ1n) is 5.57. The van der Waals surface area contributed by atoms with Crippen molar-refractivity contribution in [3.05, 3.63) is 63.6 Å². The molecule has 0 saturated carbocycles. The van der Waals surface area contributed by atoms with Crippen LogP contribution < -0.4 is 4.74 Å². The van der Waals surface area contributed by atoms with Crippen molar-refractivity contribution in [1.82, 2.24) is 0 Å². The fourth-order valence-corrected chi connectivity index (χ4v) is 2.01. The summed E-state index contributed by atoms with van der Waals surface area (Å²) in [6, 6.07) is 7.48. The SMILES string of the molecule is O=C(O)c1cc(F)ccc1OCc1cc(Br)ccc1F. The number of halogens is 3. The zero-order valence-electron chi connectivity index (χ0n) is 10.1. The molecule has 2 aromatic rings. The fraction of sp³-hybridized carbons (Fsp3) is 0.0714. The number of ether oxygens (including phenoxy) is 1. The van der Waals surface area contributed by atoms with Gasteiger partial charge in [-0.2, -0.15) is 0 Å². The van der Waals surface area contributed by atoms with E-state index in [4.69, 9.17) is 9.84 Å². The van der Waals surface area contributed by atoms with Gasteiger partial charge in [0.1, 0.15) is 29.6 Å². The van der Waals surface area contributed by atoms with Gasteiger partial charge in [-0.3, -0.25) is 0 Å². The number of carboxylic acid groups (broad SMARTS) is 1. The Kier molecular flexibility index (Phi) is 4.34. The Morgan fingerprint density at radius 1 is 1.20 bits per heavy atom. The Hall–Kier alpha value is -1.95. The lowest BCUT2D eigenvalue weighted by Gasteiger charge is -2.10. The van der Waals surface area contributed by atoms with Crippen LogP contribution in [0.15, 0.2) is 40.9 Å². The van der Waals surface area contributed by atoms with Gasteiger partial charge >= 0.3 is 5.97 Å². The summed E-state index contributed by atoms with van der Waals surface area (Å²) >= 11 is 3.20. The van der Waals surface area contributed by atoms with Crippen molar-refractivity contribution < 1.29 is 23.4 Å². The van der Waals surface area contributed by atoms with Crippen LogP contribution in [0.3, 0.4) is 0 Å². The summed E-state index contributed by atoms with van der Waals surface area (Å²) in [5.74, 6) is -2.47. The second kappa shape index (κ2) is 6.00. The first-order valence-corrected chi connectivity index (χ1v) is 6.36. The van der Waals surface area contributed by atoms with E-state index in [0.717, 1.165) is 12.1 Å². The highest BCUT2D eigenvalue weighted by molar-refractivity contribution is 9.10. The highest BCUT2D eigenvalue weighted by Gasteiger charge is 2.13. The summed E-state index contributed by atoms with van der Waals surface area (Å²) < 4.78 is 32.5. The molecule has 0 aromatic heterocycles. The predicted molar refractivity (Wildman–Crippen MR) is 71.8 cm³/mol. The Morgan fingerprint density at radius 3 is 2.65 bits per heavy atom. The molecule has 0 aliphatic heterocycles. The van der Waals surface area contributed by atoms with E-state index >= 15 is 0 Å². The molecule has 0 unspecified atom stereocenters. The number of hydrogen-bond donors (Lipinski definition) is 1. The average Bonchev–Trinajstić information content (AvgIpc) is 2.40. The third-order valence-electron chi connectivity index (χ3n) is 2.56. The number of aromatic carboxylic acids is 1. The van der Waals surface area contributed by atoms with Gasteiger partial charge in [0.05, 0.1) is 0 Å². The van der Waals surface area contributed by atoms with Crippen molar-refractivity contribution in [2.75, 3.05) is 0 Å². The smallest absolute Gasteiger partial charge is 0.339 e. The first kappa shape index (κ1) is 14.5. The van der Waals surface area contributed by atoms with Gasteiger partial charge in [0.25, 0.3) is 0 Å². The number of carboxylic acids is 1. The van der Waals surface area contributed by atoms with Gasteiger partial charge in [-0.15, -0.1) is 0 Å². The largest absolute Gasteiger partial charge is 0.488 e. The third-order valence-corrected chi connectivity index (χ3v) is 3.06. The first-order chi connectivity index (χ1) is 9.47. The zero-order chi connectivity index (χ0) is 14.7. The summed E-state index contributed by atoms with van der Waals surface area (Å²) in [7, 11) is 0. The summed E-state index contributed by atoms with van der Waals surface area (Å²) in [5.41, 5.74) is -0.0413. The van der Waals surface area contributed by atoms with Gasteiger partial charge < -0.3 is 9.84 Å². The minimum Gasteiger partial charge on any atom is -0.488 e. The number of hydrogen-bond acceptors (Lipinski definition) is 2. The summed E-state index contributed by atoms with van der Waals surface area (Å²) in [4.78, 5) is 11.0. The molecular weight excluding hydrogens is 334 g/mol. The molecule has 0 bridgehead atoms. The van der Waals surface area contributed by atoms with Gasteiger partial charge in [0.2, 0.25) is 0 Å². The van der Waals surface area contributed by atoms with Gasteiger partial charge in [-0.05, 0) is 36.4 Å². The third kappa shape index (κ3) is 3.33. The van der Waals surface area contributed by atoms with Crippen LogP contribution in [-0.2, 0) is 6.61 Å². The molecule has 2 aromatic carbocycles. The zero-order valence-corrected chi connectivity index (χ0v) is 11.7. The topological polar surface area (TPSA) is 46.5 Å². The van der Waals surface area contributed by atoms with Crippen LogP contribution in [0.2, 0.25) is 0 Å². The fourth-order valence-electron chi connectivity index (χ4n) is 1.60. The summed E-state index contributed by atoms with van der Waals surface area (Å²) in [6.07, 6.45) is 0. The van der Waals surface area contributed by atoms with E-state index < -0.39 is 17.6 Å². The maximum atomic E-state index is 13.5. The molecule has 20 heavy (non-hydrogen) atoms. The molecule has 0 aliphatic carbocycles. The van der Waals surface area contributed by atoms with Crippen LogP contribution in [0.1, 0.15) is 15.9 Å². The van der Waals surface area contributed by atoms with E-state index in [1.165, 1.54) is 18.2 Å². The van der Waals surface area contributed by atoms with E-state index in [2.05, 4.69) is 15.9 Å². The van der Waals surface area contributed by atoms with Crippen molar-refractivity contribution in [2.45, 2.75) is 6.61 Å². The van der Waals surface area contributed by atoms with Crippen molar-refractivity contribution >= 4 is 21.9 Å². The predicted octanol–water partition coefficient (Wildman–Crippen LogP) is 4.00. The van der Waals surface area contributed by atoms with Crippen LogP contribution in [0.25, 0.3) is 0 Å². The van der Waals surface area contributed by atoms with Crippen LogP contribution in [0.4, 0.5) is 8.78 Å². The molecule has 0 aliphatic rings. The molecule has 0 amide bonds. The Morgan fingerprint density at radius 2 is 1.95 bits per heavy atom. The van der Waals surface area contributed by atoms with Crippen molar-refractivity contribution in [1.29, 1.82) is 0 Å². The summed E-state index contributed by atoms with van der Waals surface area (Å²) in [6.45, 7) is -0.156. The standard InChI is InChI=1S/C14H9BrF2O3/c15-9-1-3-12(17)8(5-9)7-20-13-4-2-10(16)6-11(13)14(18)19/h1-6H,7H2,(H,18,19). The highest BCUT2D eigenvalue weighted by Crippen LogP contribution is 2.22. The van der Waals surface area contributed by atoms with Crippen molar-refractivity contribution in [2.24, 2.45) is 0 Å². The second-order valence-corrected chi connectivity index (χ2v) is 4.89. The minimum absolute atomic E-state index is 0.0155. The van der Waals surface area contributed by atoms with E-state index in [1.807, 2.05) is 0 Å². The lowest BCUT2D eigenvalue weighted by Crippen LogP contribution is -2.05. The molecule has 6 heteroatoms. The molecule has 0 saturated heterocycles. The van der Waals surface area contributed by atoms with Crippen LogP contribution >= 0.6 is 15.9 Å². The Bertz CT molecular complexity index is 659. The van der Waals surface area contributed by atoms with Gasteiger partial charge in [0, 0.05) is 10.0 Å². The van der Waals surface area contributed by atoms with Crippen molar-refractivity contribution in [3.63, 3.8) is 0 Å². The Labute approximate surface area is 121 Å². The molecule has 0 spiro atoms. The molecular formula is C14H9BrF2O3. The highest BCUT2D eigenvalue weighted by atomic mass is 79.9. The normalized spacial score (nSPS) is 10.3. The molecule has 2 rings (SSSR count). The average molecular weight is 343 g/mol. The lowest BCUT2D eigenvalue weighted by molar-refractivity contribution is 0.0691. The van der Waals surface area contributed by atoms with E-state index in [9.17, 15) is 13.6 Å². The lowest BCUT2D eigenvalue weighted by atomic mass is 10.2. The molecule has 0 radical (unpaired) electrons. The monoisotopic (exact) mass is 342 g/mol. The maximum absolute atomic E-state index is 13.5. The van der Waals surface area contributed by atoms with Gasteiger partial charge in [0.15, 0.2) is 0 Å². The molecule has 3 nitrogen and oxygen atoms in total. The van der Waals surface area contributed by atoms with Crippen LogP contribution in [0, 0.1) is 11.6 Å². The van der Waals surface area contributed by atoms with E-state index in [0.29, 0.717) is 4.47 Å². The summed E-state index contributed by atoms with van der Waals surface area (Å²) in [5, 5.41) is 8.96. The molecule has 0 atom stereocenters. The van der Waals surface area contributed by atoms with Crippen LogP contribution in [-0.4, -0.2) is 11.1 Å². The molecule has 1 N–H and O–H groups in total. The quantitative estimate of drug-likeness (QED) is 0.913. The molecule has 0 heterocycles.